The molecule has 0 bridgehead atoms. The van der Waals surface area contributed by atoms with Gasteiger partial charge in [0.1, 0.15) is 12.2 Å². The van der Waals surface area contributed by atoms with E-state index in [-0.39, 0.29) is 41.4 Å². The smallest absolute Gasteiger partial charge is 0.316 e. The van der Waals surface area contributed by atoms with Crippen molar-refractivity contribution in [2.24, 2.45) is 28.6 Å². The highest BCUT2D eigenvalue weighted by atomic mass is 16.5. The SMILES string of the molecule is COC(=O)[C@]12CC[C@H](OC(C)=O)CC1=CCC1C2CC[C@@]2(C)C1CC[C@@H]2OC(C)=O. The van der Waals surface area contributed by atoms with Crippen molar-refractivity contribution >= 4 is 17.9 Å². The van der Waals surface area contributed by atoms with Gasteiger partial charge in [-0.25, -0.2) is 0 Å². The summed E-state index contributed by atoms with van der Waals surface area (Å²) in [5.74, 6) is 0.448. The number of hydrogen-bond donors (Lipinski definition) is 0. The van der Waals surface area contributed by atoms with Gasteiger partial charge in [0.05, 0.1) is 12.5 Å². The van der Waals surface area contributed by atoms with Gasteiger partial charge in [0.15, 0.2) is 0 Å². The number of hydrogen-bond acceptors (Lipinski definition) is 6. The predicted molar refractivity (Wildman–Crippen MR) is 109 cm³/mol. The molecule has 6 heteroatoms. The first-order valence-corrected chi connectivity index (χ1v) is 11.3. The zero-order valence-corrected chi connectivity index (χ0v) is 18.6. The molecule has 3 unspecified atom stereocenters. The zero-order valence-electron chi connectivity index (χ0n) is 18.6. The summed E-state index contributed by atoms with van der Waals surface area (Å²) in [6.45, 7) is 5.21. The normalized spacial score (nSPS) is 42.1. The fourth-order valence-corrected chi connectivity index (χ4v) is 7.52. The first kappa shape index (κ1) is 21.4. The van der Waals surface area contributed by atoms with E-state index in [9.17, 15) is 14.4 Å². The Labute approximate surface area is 178 Å². The molecule has 0 radical (unpaired) electrons. The van der Waals surface area contributed by atoms with Crippen LogP contribution in [0.25, 0.3) is 0 Å². The van der Waals surface area contributed by atoms with Crippen LogP contribution in [-0.2, 0) is 28.6 Å². The van der Waals surface area contributed by atoms with Crippen LogP contribution in [0.2, 0.25) is 0 Å². The number of carbonyl (C=O) groups excluding carboxylic acids is 3. The Morgan fingerprint density at radius 2 is 1.70 bits per heavy atom. The molecule has 30 heavy (non-hydrogen) atoms. The number of fused-ring (bicyclic) bond motifs is 5. The summed E-state index contributed by atoms with van der Waals surface area (Å²) in [7, 11) is 1.48. The van der Waals surface area contributed by atoms with Crippen molar-refractivity contribution in [1.82, 2.24) is 0 Å². The van der Waals surface area contributed by atoms with E-state index in [4.69, 9.17) is 14.2 Å². The van der Waals surface area contributed by atoms with E-state index >= 15 is 0 Å². The number of allylic oxidation sites excluding steroid dienone is 1. The van der Waals surface area contributed by atoms with Crippen molar-refractivity contribution in [2.75, 3.05) is 7.11 Å². The lowest BCUT2D eigenvalue weighted by Crippen LogP contribution is -2.55. The Bertz CT molecular complexity index is 772. The van der Waals surface area contributed by atoms with Gasteiger partial charge in [-0.3, -0.25) is 14.4 Å². The van der Waals surface area contributed by atoms with Gasteiger partial charge in [-0.1, -0.05) is 18.6 Å². The molecule has 3 fully saturated rings. The minimum absolute atomic E-state index is 0.0234. The van der Waals surface area contributed by atoms with Crippen molar-refractivity contribution in [1.29, 1.82) is 0 Å². The van der Waals surface area contributed by atoms with Gasteiger partial charge in [-0.05, 0) is 62.7 Å². The maximum Gasteiger partial charge on any atom is 0.316 e. The molecule has 3 saturated carbocycles. The first-order valence-electron chi connectivity index (χ1n) is 11.3. The minimum atomic E-state index is -0.602. The van der Waals surface area contributed by atoms with Crippen molar-refractivity contribution < 1.29 is 28.6 Å². The lowest BCUT2D eigenvalue weighted by molar-refractivity contribution is -0.168. The number of rotatable bonds is 3. The van der Waals surface area contributed by atoms with Gasteiger partial charge in [-0.2, -0.15) is 0 Å². The fourth-order valence-electron chi connectivity index (χ4n) is 7.52. The van der Waals surface area contributed by atoms with Crippen LogP contribution in [0.5, 0.6) is 0 Å². The van der Waals surface area contributed by atoms with Crippen molar-refractivity contribution in [3.8, 4) is 0 Å². The first-order chi connectivity index (χ1) is 14.2. The van der Waals surface area contributed by atoms with Crippen LogP contribution in [0, 0.1) is 28.6 Å². The average molecular weight is 419 g/mol. The number of carbonyl (C=O) groups is 3. The molecule has 6 nitrogen and oxygen atoms in total. The Hall–Kier alpha value is -1.85. The Balaban J connectivity index is 1.65. The Morgan fingerprint density at radius 1 is 0.967 bits per heavy atom. The summed E-state index contributed by atoms with van der Waals surface area (Å²) in [5.41, 5.74) is 0.478. The van der Waals surface area contributed by atoms with E-state index in [1.54, 1.807) is 0 Å². The van der Waals surface area contributed by atoms with Crippen molar-refractivity contribution in [3.63, 3.8) is 0 Å². The van der Waals surface area contributed by atoms with Crippen LogP contribution in [0.4, 0.5) is 0 Å². The highest BCUT2D eigenvalue weighted by Gasteiger charge is 2.63. The van der Waals surface area contributed by atoms with Gasteiger partial charge in [0, 0.05) is 25.7 Å². The Morgan fingerprint density at radius 3 is 2.37 bits per heavy atom. The van der Waals surface area contributed by atoms with Crippen LogP contribution < -0.4 is 0 Å². The molecule has 0 heterocycles. The van der Waals surface area contributed by atoms with Crippen LogP contribution in [0.1, 0.15) is 72.1 Å². The predicted octanol–water partition coefficient (Wildman–Crippen LogP) is 3.97. The summed E-state index contributed by atoms with van der Waals surface area (Å²) in [6.07, 6.45) is 8.78. The number of esters is 3. The summed E-state index contributed by atoms with van der Waals surface area (Å²) >= 11 is 0. The highest BCUT2D eigenvalue weighted by Crippen LogP contribution is 2.65. The molecule has 0 aromatic carbocycles. The topological polar surface area (TPSA) is 78.9 Å². The summed E-state index contributed by atoms with van der Waals surface area (Å²) in [6, 6.07) is 0. The lowest BCUT2D eigenvalue weighted by Gasteiger charge is -2.57. The molecular formula is C24H34O6. The Kier molecular flexibility index (Phi) is 5.48. The fraction of sp³-hybridized carbons (Fsp3) is 0.792. The van der Waals surface area contributed by atoms with E-state index < -0.39 is 5.41 Å². The quantitative estimate of drug-likeness (QED) is 0.392. The molecule has 0 aromatic rings. The second-order valence-electron chi connectivity index (χ2n) is 10.00. The molecule has 0 spiro atoms. The van der Waals surface area contributed by atoms with Gasteiger partial charge in [-0.15, -0.1) is 0 Å². The summed E-state index contributed by atoms with van der Waals surface area (Å²) < 4.78 is 16.6. The largest absolute Gasteiger partial charge is 0.468 e. The number of methoxy groups -OCH3 is 1. The van der Waals surface area contributed by atoms with E-state index in [1.807, 2.05) is 0 Å². The molecule has 4 aliphatic rings. The molecule has 0 aromatic heterocycles. The van der Waals surface area contributed by atoms with Crippen molar-refractivity contribution in [3.05, 3.63) is 11.6 Å². The average Bonchev–Trinajstić information content (AvgIpc) is 3.02. The van der Waals surface area contributed by atoms with E-state index in [1.165, 1.54) is 21.0 Å². The second kappa shape index (κ2) is 7.69. The maximum absolute atomic E-state index is 13.2. The molecule has 0 N–H and O–H groups in total. The highest BCUT2D eigenvalue weighted by molar-refractivity contribution is 5.82. The molecule has 4 rings (SSSR count). The third kappa shape index (κ3) is 3.18. The summed E-state index contributed by atoms with van der Waals surface area (Å²) in [5, 5.41) is 0. The molecule has 0 amide bonds. The third-order valence-corrected chi connectivity index (χ3v) is 8.69. The minimum Gasteiger partial charge on any atom is -0.468 e. The van der Waals surface area contributed by atoms with E-state index in [0.717, 1.165) is 37.7 Å². The second-order valence-corrected chi connectivity index (χ2v) is 10.00. The van der Waals surface area contributed by atoms with Crippen molar-refractivity contribution in [2.45, 2.75) is 84.3 Å². The molecule has 0 saturated heterocycles. The molecule has 7 atom stereocenters. The number of ether oxygens (including phenoxy) is 3. The standard InChI is InChI=1S/C24H34O6/c1-14(25)29-17-9-12-24(22(27)28-4)16(13-17)5-6-18-19-7-8-21(30-15(2)26)23(19,3)11-10-20(18)24/h5,17-21H,6-13H2,1-4H3/t17-,18?,19?,20?,21-,23-,24+/m0/s1. The van der Waals surface area contributed by atoms with Crippen LogP contribution >= 0.6 is 0 Å². The third-order valence-electron chi connectivity index (χ3n) is 8.69. The van der Waals surface area contributed by atoms with Gasteiger partial charge in [0.25, 0.3) is 0 Å². The van der Waals surface area contributed by atoms with Crippen LogP contribution in [0.15, 0.2) is 11.6 Å². The van der Waals surface area contributed by atoms with Crippen LogP contribution in [0.3, 0.4) is 0 Å². The monoisotopic (exact) mass is 418 g/mol. The van der Waals surface area contributed by atoms with E-state index in [0.29, 0.717) is 31.1 Å². The zero-order chi connectivity index (χ0) is 21.7. The van der Waals surface area contributed by atoms with Crippen LogP contribution in [-0.4, -0.2) is 37.2 Å². The van der Waals surface area contributed by atoms with Gasteiger partial charge in [0.2, 0.25) is 0 Å². The molecular weight excluding hydrogens is 384 g/mol. The molecule has 4 aliphatic carbocycles. The maximum atomic E-state index is 13.2. The molecule has 0 aliphatic heterocycles. The van der Waals surface area contributed by atoms with Gasteiger partial charge < -0.3 is 14.2 Å². The summed E-state index contributed by atoms with van der Waals surface area (Å²) in [4.78, 5) is 36.4. The molecule has 166 valence electrons. The lowest BCUT2D eigenvalue weighted by atomic mass is 9.47. The van der Waals surface area contributed by atoms with Gasteiger partial charge >= 0.3 is 17.9 Å². The van der Waals surface area contributed by atoms with E-state index in [2.05, 4.69) is 13.0 Å².